The van der Waals surface area contributed by atoms with E-state index in [1.54, 1.807) is 117 Å². The molecule has 0 amide bonds. The standard InChI is InChI=1S/C33H25N3O2.C32H25N3O2Si.C26H20N4O2.3Pt/c37-30-20-11-10-19-29(30)35-23-24-36(25-35)38-32-22-12-21-31(34-32)33(26-13-4-1-5-14-26,27-15-6-2-7-16-27)28-17-8-3-9-18-28;36-30-20-11-10-19-29(30)34-23-24-35(25-34)37-31-21-12-22-32(33-31)38(26-13-4-1-5-14-26,27-15-6-2-7-16-27)28-17-8-3-9-18-28;31-24-15-8-7-14-23(24)28-18-19-29(20-28)32-26-17-9-16-25(27-26)30(21-10-3-1-4-11-21)22-12-5-2-6-13-22;;;/h1-17,19-25,37H;1-17,19-25,36H;1-12,14-20,31H;;;/q3*-2;3*+2. The molecule has 11 aromatic carbocycles. The van der Waals surface area contributed by atoms with Crippen LogP contribution in [0.1, 0.15) is 22.4 Å². The van der Waals surface area contributed by atoms with Gasteiger partial charge in [0.25, 0.3) is 0 Å². The molecule has 17 rings (SSSR count). The van der Waals surface area contributed by atoms with Crippen molar-refractivity contribution in [2.75, 3.05) is 19.6 Å². The fourth-order valence-corrected chi connectivity index (χ4v) is 17.7. The quantitative estimate of drug-likeness (QED) is 0.0377. The first-order valence-electron chi connectivity index (χ1n) is 34.9. The number of pyridine rings is 3. The minimum atomic E-state index is -2.80. The Labute approximate surface area is 690 Å². The molecule has 16 nitrogen and oxygen atoms in total. The van der Waals surface area contributed by atoms with Crippen LogP contribution in [0.15, 0.2) is 389 Å². The Balaban J connectivity index is 0.000000153. The van der Waals surface area contributed by atoms with Gasteiger partial charge in [0.05, 0.1) is 28.2 Å². The van der Waals surface area contributed by atoms with Gasteiger partial charge in [0.2, 0.25) is 17.6 Å². The second-order valence-electron chi connectivity index (χ2n) is 24.8. The fraction of sp³-hybridized carbons (Fsp3) is 0.0110. The molecule has 554 valence electrons. The van der Waals surface area contributed by atoms with Gasteiger partial charge in [-0.3, -0.25) is 0 Å². The maximum atomic E-state index is 10.2. The number of nitrogens with zero attached hydrogens (tertiary/aromatic N) is 10. The molecule has 3 N–H and O–H groups in total. The number of aromatic nitrogens is 3. The van der Waals surface area contributed by atoms with Crippen LogP contribution in [0.25, 0.3) is 0 Å². The van der Waals surface area contributed by atoms with E-state index in [0.29, 0.717) is 40.5 Å². The summed E-state index contributed by atoms with van der Waals surface area (Å²) in [4.78, 5) is 40.5. The summed E-state index contributed by atoms with van der Waals surface area (Å²) in [6, 6.07) is 125. The average Bonchev–Trinajstić information content (AvgIpc) is 1.72. The number of benzene rings is 11. The molecule has 0 saturated carbocycles. The van der Waals surface area contributed by atoms with Crippen molar-refractivity contribution in [2.24, 2.45) is 0 Å². The molecule has 20 heteroatoms. The van der Waals surface area contributed by atoms with E-state index in [9.17, 15) is 15.3 Å². The summed E-state index contributed by atoms with van der Waals surface area (Å²) in [5, 5.41) is 39.8. The van der Waals surface area contributed by atoms with E-state index < -0.39 is 13.5 Å². The SMILES string of the molecule is Oc1ccccc1N1C=CN(Oc2cccc(C(c3[c-]cccc3)(c3ccccc3)c3ccccc3)n2)[CH-]1.Oc1ccccc1N1C=CN(Oc2cccc(N(c3[c-]cccc3)c3ccccc3)n2)[CH-]1.Oc1ccccc1N1C=CN(Oc2cccc([Si](c3[c-]cccc3)(c3ccccc3)c3ccccc3)n2)[CH-]1.[Pt+2].[Pt+2].[Pt+2]. The number of para-hydroxylation sites is 8. The monoisotopic (exact) mass is 2010 g/mol. The van der Waals surface area contributed by atoms with Gasteiger partial charge in [-0.2, -0.15) is 95.1 Å². The molecule has 14 aromatic rings. The van der Waals surface area contributed by atoms with Gasteiger partial charge in [-0.15, -0.1) is 31.6 Å². The van der Waals surface area contributed by atoms with E-state index in [2.05, 4.69) is 115 Å². The molecule has 3 aliphatic heterocycles. The van der Waals surface area contributed by atoms with E-state index in [0.717, 1.165) is 44.3 Å². The van der Waals surface area contributed by atoms with Crippen LogP contribution in [-0.2, 0) is 68.6 Å². The molecule has 111 heavy (non-hydrogen) atoms. The van der Waals surface area contributed by atoms with E-state index in [1.807, 2.05) is 230 Å². The van der Waals surface area contributed by atoms with Crippen LogP contribution in [0.5, 0.6) is 34.9 Å². The number of rotatable bonds is 20. The van der Waals surface area contributed by atoms with Crippen LogP contribution >= 0.6 is 0 Å². The third-order valence-electron chi connectivity index (χ3n) is 18.1. The minimum Gasteiger partial charge on any atom is -0.506 e. The third kappa shape index (κ3) is 17.6. The Hall–Kier alpha value is -12.2. The van der Waals surface area contributed by atoms with Gasteiger partial charge in [-0.05, 0) is 107 Å². The van der Waals surface area contributed by atoms with E-state index >= 15 is 0 Å². The third-order valence-corrected chi connectivity index (χ3v) is 22.6. The van der Waals surface area contributed by atoms with Crippen LogP contribution in [-0.4, -0.2) is 53.5 Å². The molecule has 0 atom stereocenters. The Bertz CT molecular complexity index is 4910. The van der Waals surface area contributed by atoms with Gasteiger partial charge >= 0.3 is 63.2 Å². The molecule has 0 spiro atoms. The maximum absolute atomic E-state index is 10.2. The summed E-state index contributed by atoms with van der Waals surface area (Å²) in [6.45, 7) is 5.23. The van der Waals surface area contributed by atoms with E-state index in [-0.39, 0.29) is 80.4 Å². The molecule has 0 aliphatic carbocycles. The molecule has 0 fully saturated rings. The zero-order chi connectivity index (χ0) is 73.3. The first-order chi connectivity index (χ1) is 53.3. The first kappa shape index (κ1) is 78.4. The Morgan fingerprint density at radius 3 is 1.19 bits per heavy atom. The fourth-order valence-electron chi connectivity index (χ4n) is 13.2. The number of hydrogen-bond donors (Lipinski definition) is 3. The normalized spacial score (nSPS) is 12.6. The van der Waals surface area contributed by atoms with Crippen LogP contribution < -0.4 is 55.0 Å². The Morgan fingerprint density at radius 2 is 0.739 bits per heavy atom. The van der Waals surface area contributed by atoms with Gasteiger partial charge in [0.1, 0.15) is 23.1 Å². The van der Waals surface area contributed by atoms with Gasteiger partial charge < -0.3 is 64.6 Å². The van der Waals surface area contributed by atoms with Crippen LogP contribution in [0.3, 0.4) is 0 Å². The molecule has 3 aromatic heterocycles. The van der Waals surface area contributed by atoms with Crippen molar-refractivity contribution in [3.63, 3.8) is 0 Å². The number of phenolic OH excluding ortho intramolecular Hbond substituents is 3. The zero-order valence-electron chi connectivity index (χ0n) is 59.2. The Morgan fingerprint density at radius 1 is 0.342 bits per heavy atom. The van der Waals surface area contributed by atoms with Gasteiger partial charge in [0.15, 0.2) is 8.07 Å². The summed E-state index contributed by atoms with van der Waals surface area (Å²) >= 11 is 0. The topological polar surface area (TPSA) is 150 Å². The van der Waals surface area contributed by atoms with Crippen molar-refractivity contribution in [3.05, 3.63) is 450 Å². The number of hydrogen-bond acceptors (Lipinski definition) is 16. The predicted octanol–water partition coefficient (Wildman–Crippen LogP) is 16.1. The van der Waals surface area contributed by atoms with Crippen molar-refractivity contribution in [3.8, 4) is 34.9 Å². The van der Waals surface area contributed by atoms with Crippen molar-refractivity contribution in [1.82, 2.24) is 30.1 Å². The van der Waals surface area contributed by atoms with Crippen molar-refractivity contribution >= 4 is 63.2 Å². The summed E-state index contributed by atoms with van der Waals surface area (Å²) in [5.74, 6) is 2.61. The van der Waals surface area contributed by atoms with Crippen LogP contribution in [0.2, 0.25) is 0 Å². The van der Waals surface area contributed by atoms with E-state index in [1.165, 1.54) is 10.4 Å². The molecule has 0 bridgehead atoms. The zero-order valence-corrected chi connectivity index (χ0v) is 67.0. The molecule has 0 radical (unpaired) electrons. The minimum absolute atomic E-state index is 0. The summed E-state index contributed by atoms with van der Waals surface area (Å²) in [6.07, 6.45) is 10.7. The van der Waals surface area contributed by atoms with Crippen LogP contribution in [0.4, 0.5) is 34.3 Å². The van der Waals surface area contributed by atoms with Crippen molar-refractivity contribution in [2.45, 2.75) is 5.41 Å². The Kier molecular flexibility index (Phi) is 26.3. The largest absolute Gasteiger partial charge is 2.00 e. The summed E-state index contributed by atoms with van der Waals surface area (Å²) in [5.41, 5.74) is 7.07. The molecular weight excluding hydrogens is 1940 g/mol. The first-order valence-corrected chi connectivity index (χ1v) is 36.9. The van der Waals surface area contributed by atoms with Crippen LogP contribution in [0, 0.1) is 38.2 Å². The van der Waals surface area contributed by atoms with Gasteiger partial charge in [0, 0.05) is 47.8 Å². The van der Waals surface area contributed by atoms with Gasteiger partial charge in [-0.25, -0.2) is 9.97 Å². The number of phenols is 3. The average molecular weight is 2010 g/mol. The number of anilines is 6. The molecular formula is C91H70N10O6Pt3Si. The second kappa shape index (κ2) is 37.3. The van der Waals surface area contributed by atoms with Gasteiger partial charge in [-0.1, -0.05) is 200 Å². The molecule has 6 heterocycles. The van der Waals surface area contributed by atoms with Crippen molar-refractivity contribution in [1.29, 1.82) is 0 Å². The predicted molar refractivity (Wildman–Crippen MR) is 425 cm³/mol. The van der Waals surface area contributed by atoms with E-state index in [4.69, 9.17) is 29.5 Å². The number of aromatic hydroxyl groups is 3. The second-order valence-corrected chi connectivity index (χ2v) is 28.5. The number of hydroxylamine groups is 6. The summed E-state index contributed by atoms with van der Waals surface area (Å²) in [7, 11) is -2.80. The summed E-state index contributed by atoms with van der Waals surface area (Å²) < 4.78 is 0. The molecule has 3 aliphatic rings. The molecule has 0 saturated heterocycles. The molecule has 0 unspecified atom stereocenters. The van der Waals surface area contributed by atoms with Crippen molar-refractivity contribution < 1.29 is 93.0 Å². The smallest absolute Gasteiger partial charge is 0.506 e. The maximum Gasteiger partial charge on any atom is 2.00 e.